The summed E-state index contributed by atoms with van der Waals surface area (Å²) in [6.07, 6.45) is 0. The lowest BCUT2D eigenvalue weighted by Gasteiger charge is -2.14. The highest BCUT2D eigenvalue weighted by Gasteiger charge is 2.16. The number of rotatable bonds is 6. The lowest BCUT2D eigenvalue weighted by molar-refractivity contribution is -0.118. The molecule has 0 fully saturated rings. The van der Waals surface area contributed by atoms with E-state index in [2.05, 4.69) is 10.6 Å². The monoisotopic (exact) mass is 262 g/mol. The fraction of sp³-hybridized carbons (Fsp3) is 0.467. The van der Waals surface area contributed by atoms with Crippen LogP contribution in [0.25, 0.3) is 0 Å². The van der Waals surface area contributed by atoms with Gasteiger partial charge in [-0.15, -0.1) is 0 Å². The average molecular weight is 262 g/mol. The Morgan fingerprint density at radius 1 is 1.21 bits per heavy atom. The minimum atomic E-state index is -0.254. The SMILES string of the molecule is CC(=O)NCCNC(C)C(=O)c1ccc(C)cc1C. The molecule has 1 aromatic rings. The Bertz CT molecular complexity index is 469. The van der Waals surface area contributed by atoms with Crippen LogP contribution in [0.1, 0.15) is 35.3 Å². The lowest BCUT2D eigenvalue weighted by Crippen LogP contribution is -2.39. The molecule has 0 radical (unpaired) electrons. The average Bonchev–Trinajstić information content (AvgIpc) is 2.33. The standard InChI is InChI=1S/C15H22N2O2/c1-10-5-6-14(11(2)9-10)15(19)12(3)16-7-8-17-13(4)18/h5-6,9,12,16H,7-8H2,1-4H3,(H,17,18). The quantitative estimate of drug-likeness (QED) is 0.605. The Morgan fingerprint density at radius 2 is 1.89 bits per heavy atom. The number of nitrogens with one attached hydrogen (secondary N) is 2. The van der Waals surface area contributed by atoms with Crippen molar-refractivity contribution in [3.63, 3.8) is 0 Å². The van der Waals surface area contributed by atoms with Crippen LogP contribution in [0, 0.1) is 13.8 Å². The second-order valence-corrected chi connectivity index (χ2v) is 4.84. The second-order valence-electron chi connectivity index (χ2n) is 4.84. The third kappa shape index (κ3) is 4.83. The Kier molecular flexibility index (Phi) is 5.70. The molecule has 1 unspecified atom stereocenters. The van der Waals surface area contributed by atoms with Crippen LogP contribution in [0.15, 0.2) is 18.2 Å². The molecule has 1 rings (SSSR count). The van der Waals surface area contributed by atoms with Crippen molar-refractivity contribution in [3.05, 3.63) is 34.9 Å². The summed E-state index contributed by atoms with van der Waals surface area (Å²) >= 11 is 0. The van der Waals surface area contributed by atoms with E-state index in [9.17, 15) is 9.59 Å². The molecule has 0 aliphatic carbocycles. The highest BCUT2D eigenvalue weighted by molar-refractivity contribution is 6.01. The molecule has 4 heteroatoms. The zero-order chi connectivity index (χ0) is 14.4. The van der Waals surface area contributed by atoms with Gasteiger partial charge >= 0.3 is 0 Å². The van der Waals surface area contributed by atoms with Crippen LogP contribution < -0.4 is 10.6 Å². The molecule has 0 saturated heterocycles. The van der Waals surface area contributed by atoms with Crippen molar-refractivity contribution >= 4 is 11.7 Å². The van der Waals surface area contributed by atoms with Gasteiger partial charge in [-0.2, -0.15) is 0 Å². The van der Waals surface area contributed by atoms with Crippen LogP contribution in [0.3, 0.4) is 0 Å². The summed E-state index contributed by atoms with van der Waals surface area (Å²) in [6, 6.07) is 5.58. The van der Waals surface area contributed by atoms with E-state index >= 15 is 0 Å². The maximum absolute atomic E-state index is 12.3. The number of aryl methyl sites for hydroxylation is 2. The van der Waals surface area contributed by atoms with E-state index in [4.69, 9.17) is 0 Å². The summed E-state index contributed by atoms with van der Waals surface area (Å²) in [5.41, 5.74) is 2.91. The lowest BCUT2D eigenvalue weighted by atomic mass is 9.98. The molecule has 104 valence electrons. The van der Waals surface area contributed by atoms with Crippen LogP contribution in [-0.4, -0.2) is 30.8 Å². The summed E-state index contributed by atoms with van der Waals surface area (Å²) < 4.78 is 0. The highest BCUT2D eigenvalue weighted by atomic mass is 16.1. The van der Waals surface area contributed by atoms with Crippen LogP contribution in [-0.2, 0) is 4.79 Å². The molecule has 19 heavy (non-hydrogen) atoms. The zero-order valence-corrected chi connectivity index (χ0v) is 12.0. The molecule has 0 heterocycles. The van der Waals surface area contributed by atoms with Gasteiger partial charge in [-0.3, -0.25) is 9.59 Å². The van der Waals surface area contributed by atoms with Crippen LogP contribution >= 0.6 is 0 Å². The van der Waals surface area contributed by atoms with Crippen molar-refractivity contribution in [2.75, 3.05) is 13.1 Å². The first-order chi connectivity index (χ1) is 8.91. The molecule has 2 N–H and O–H groups in total. The van der Waals surface area contributed by atoms with E-state index in [0.717, 1.165) is 16.7 Å². The summed E-state index contributed by atoms with van der Waals surface area (Å²) in [4.78, 5) is 23.0. The Balaban J connectivity index is 2.54. The molecule has 0 saturated carbocycles. The van der Waals surface area contributed by atoms with Gasteiger partial charge in [-0.1, -0.05) is 23.8 Å². The van der Waals surface area contributed by atoms with Crippen molar-refractivity contribution in [2.45, 2.75) is 33.7 Å². The largest absolute Gasteiger partial charge is 0.355 e. The number of amides is 1. The third-order valence-electron chi connectivity index (χ3n) is 2.99. The fourth-order valence-electron chi connectivity index (χ4n) is 1.94. The molecule has 1 atom stereocenters. The van der Waals surface area contributed by atoms with Gasteiger partial charge in [-0.25, -0.2) is 0 Å². The van der Waals surface area contributed by atoms with Crippen LogP contribution in [0.2, 0.25) is 0 Å². The van der Waals surface area contributed by atoms with Gasteiger partial charge < -0.3 is 10.6 Å². The van der Waals surface area contributed by atoms with Crippen LogP contribution in [0.5, 0.6) is 0 Å². The van der Waals surface area contributed by atoms with Gasteiger partial charge in [0.1, 0.15) is 0 Å². The molecule has 0 spiro atoms. The van der Waals surface area contributed by atoms with Crippen LogP contribution in [0.4, 0.5) is 0 Å². The van der Waals surface area contributed by atoms with E-state index in [-0.39, 0.29) is 17.7 Å². The number of carbonyl (C=O) groups is 2. The van der Waals surface area contributed by atoms with E-state index in [1.54, 1.807) is 0 Å². The first-order valence-corrected chi connectivity index (χ1v) is 6.51. The number of hydrogen-bond acceptors (Lipinski definition) is 3. The van der Waals surface area contributed by atoms with Crippen molar-refractivity contribution in [2.24, 2.45) is 0 Å². The molecule has 1 aromatic carbocycles. The summed E-state index contributed by atoms with van der Waals surface area (Å²) in [5.74, 6) is 0.0236. The number of hydrogen-bond donors (Lipinski definition) is 2. The van der Waals surface area contributed by atoms with Gasteiger partial charge in [0.05, 0.1) is 6.04 Å². The molecule has 0 aromatic heterocycles. The number of carbonyl (C=O) groups excluding carboxylic acids is 2. The maximum atomic E-state index is 12.3. The third-order valence-corrected chi connectivity index (χ3v) is 2.99. The predicted octanol–water partition coefficient (Wildman–Crippen LogP) is 1.60. The maximum Gasteiger partial charge on any atom is 0.216 e. The first kappa shape index (κ1) is 15.4. The van der Waals surface area contributed by atoms with Crippen molar-refractivity contribution < 1.29 is 9.59 Å². The normalized spacial score (nSPS) is 12.0. The second kappa shape index (κ2) is 7.04. The van der Waals surface area contributed by atoms with E-state index in [1.807, 2.05) is 39.0 Å². The van der Waals surface area contributed by atoms with Crippen molar-refractivity contribution in [1.82, 2.24) is 10.6 Å². The molecule has 1 amide bonds. The van der Waals surface area contributed by atoms with Crippen molar-refractivity contribution in [3.8, 4) is 0 Å². The van der Waals surface area contributed by atoms with E-state index in [1.165, 1.54) is 6.92 Å². The Labute approximate surface area is 114 Å². The van der Waals surface area contributed by atoms with Gasteiger partial charge in [0, 0.05) is 25.6 Å². The molecular formula is C15H22N2O2. The number of benzene rings is 1. The molecule has 4 nitrogen and oxygen atoms in total. The van der Waals surface area contributed by atoms with Gasteiger partial charge in [0.25, 0.3) is 0 Å². The summed E-state index contributed by atoms with van der Waals surface area (Å²) in [6.45, 7) is 8.39. The molecule has 0 aliphatic heterocycles. The Hall–Kier alpha value is -1.68. The van der Waals surface area contributed by atoms with E-state index < -0.39 is 0 Å². The Morgan fingerprint density at radius 3 is 2.47 bits per heavy atom. The molecule has 0 aliphatic rings. The van der Waals surface area contributed by atoms with Crippen molar-refractivity contribution in [1.29, 1.82) is 0 Å². The van der Waals surface area contributed by atoms with Gasteiger partial charge in [0.15, 0.2) is 5.78 Å². The van der Waals surface area contributed by atoms with E-state index in [0.29, 0.717) is 13.1 Å². The summed E-state index contributed by atoms with van der Waals surface area (Å²) in [7, 11) is 0. The minimum absolute atomic E-state index is 0.0600. The van der Waals surface area contributed by atoms with Gasteiger partial charge in [0.2, 0.25) is 5.91 Å². The zero-order valence-electron chi connectivity index (χ0n) is 12.0. The summed E-state index contributed by atoms with van der Waals surface area (Å²) in [5, 5.41) is 5.80. The topological polar surface area (TPSA) is 58.2 Å². The fourth-order valence-corrected chi connectivity index (χ4v) is 1.94. The minimum Gasteiger partial charge on any atom is -0.355 e. The first-order valence-electron chi connectivity index (χ1n) is 6.51. The number of ketones is 1. The smallest absolute Gasteiger partial charge is 0.216 e. The number of Topliss-reactive ketones (excluding diaryl/α,β-unsaturated/α-hetero) is 1. The predicted molar refractivity (Wildman–Crippen MR) is 76.4 cm³/mol. The molecular weight excluding hydrogens is 240 g/mol. The molecule has 0 bridgehead atoms. The highest BCUT2D eigenvalue weighted by Crippen LogP contribution is 2.12. The van der Waals surface area contributed by atoms with Gasteiger partial charge in [-0.05, 0) is 26.3 Å².